The van der Waals surface area contributed by atoms with E-state index in [4.69, 9.17) is 9.66 Å². The van der Waals surface area contributed by atoms with Crippen LogP contribution in [0, 0.1) is 27.7 Å². The first-order chi connectivity index (χ1) is 12.9. The Labute approximate surface area is 167 Å². The smallest absolute Gasteiger partial charge is 0.263 e. The van der Waals surface area contributed by atoms with Gasteiger partial charge in [-0.1, -0.05) is 5.16 Å². The van der Waals surface area contributed by atoms with Gasteiger partial charge < -0.3 is 4.52 Å². The Kier molecular flexibility index (Phi) is 5.13. The van der Waals surface area contributed by atoms with Crippen LogP contribution in [0.5, 0.6) is 0 Å². The third kappa shape index (κ3) is 3.70. The van der Waals surface area contributed by atoms with Gasteiger partial charge in [0.2, 0.25) is 10.0 Å². The Morgan fingerprint density at radius 1 is 1.00 bits per heavy atom. The normalized spacial score (nSPS) is 12.3. The van der Waals surface area contributed by atoms with E-state index < -0.39 is 20.0 Å². The van der Waals surface area contributed by atoms with Crippen LogP contribution in [-0.2, 0) is 20.0 Å². The third-order valence-electron chi connectivity index (χ3n) is 4.29. The van der Waals surface area contributed by atoms with Gasteiger partial charge in [-0.2, -0.15) is 0 Å². The maximum absolute atomic E-state index is 13.1. The van der Waals surface area contributed by atoms with Gasteiger partial charge in [-0.15, -0.1) is 11.3 Å². The van der Waals surface area contributed by atoms with Gasteiger partial charge in [0.15, 0.2) is 5.76 Å². The average molecular weight is 442 g/mol. The van der Waals surface area contributed by atoms with Crippen molar-refractivity contribution in [1.29, 1.82) is 0 Å². The average Bonchev–Trinajstić information content (AvgIpc) is 3.06. The van der Waals surface area contributed by atoms with E-state index in [0.29, 0.717) is 21.9 Å². The molecule has 0 saturated carbocycles. The van der Waals surface area contributed by atoms with Crippen LogP contribution in [-0.4, -0.2) is 22.0 Å². The standard InChI is InChI=1S/C17H19N3O5S3/c1-9-10(2)19-25-16(9)15-11(3)26-12(4)17(15)28(23,24)20-13-5-7-14(8-6-13)27(18,21)22/h5-8,20H,1-4H3,(H2,18,21,22). The number of hydrogen-bond donors (Lipinski definition) is 2. The molecule has 0 aliphatic rings. The zero-order chi connectivity index (χ0) is 20.9. The van der Waals surface area contributed by atoms with Crippen molar-refractivity contribution in [2.45, 2.75) is 37.5 Å². The van der Waals surface area contributed by atoms with Crippen LogP contribution in [0.4, 0.5) is 5.69 Å². The fourth-order valence-corrected chi connectivity index (χ4v) is 6.24. The maximum atomic E-state index is 13.1. The summed E-state index contributed by atoms with van der Waals surface area (Å²) in [5.41, 5.74) is 2.16. The van der Waals surface area contributed by atoms with Crippen LogP contribution in [0.25, 0.3) is 11.3 Å². The number of aryl methyl sites for hydroxylation is 3. The van der Waals surface area contributed by atoms with Crippen molar-refractivity contribution in [3.63, 3.8) is 0 Å². The molecule has 11 heteroatoms. The molecule has 2 aromatic heterocycles. The molecule has 3 rings (SSSR count). The first-order valence-corrected chi connectivity index (χ1v) is 12.0. The Morgan fingerprint density at radius 3 is 2.11 bits per heavy atom. The minimum atomic E-state index is -3.97. The monoisotopic (exact) mass is 441 g/mol. The van der Waals surface area contributed by atoms with E-state index >= 15 is 0 Å². The largest absolute Gasteiger partial charge is 0.356 e. The maximum Gasteiger partial charge on any atom is 0.263 e. The number of rotatable bonds is 5. The number of thiophene rings is 1. The van der Waals surface area contributed by atoms with Crippen molar-refractivity contribution in [3.05, 3.63) is 45.3 Å². The van der Waals surface area contributed by atoms with Gasteiger partial charge in [0, 0.05) is 21.0 Å². The van der Waals surface area contributed by atoms with E-state index in [0.717, 1.165) is 10.4 Å². The summed E-state index contributed by atoms with van der Waals surface area (Å²) in [6.45, 7) is 7.16. The van der Waals surface area contributed by atoms with Crippen LogP contribution >= 0.6 is 11.3 Å². The molecule has 28 heavy (non-hydrogen) atoms. The van der Waals surface area contributed by atoms with Gasteiger partial charge in [0.25, 0.3) is 10.0 Å². The summed E-state index contributed by atoms with van der Waals surface area (Å²) < 4.78 is 56.8. The second kappa shape index (κ2) is 6.99. The van der Waals surface area contributed by atoms with Crippen LogP contribution in [0.3, 0.4) is 0 Å². The lowest BCUT2D eigenvalue weighted by atomic mass is 10.1. The molecule has 0 bridgehead atoms. The number of nitrogens with zero attached hydrogens (tertiary/aromatic N) is 1. The molecule has 0 unspecified atom stereocenters. The number of sulfonamides is 2. The summed E-state index contributed by atoms with van der Waals surface area (Å²) in [7, 11) is -7.82. The lowest BCUT2D eigenvalue weighted by molar-refractivity contribution is 0.426. The Morgan fingerprint density at radius 2 is 1.61 bits per heavy atom. The van der Waals surface area contributed by atoms with Crippen molar-refractivity contribution in [2.75, 3.05) is 4.72 Å². The molecule has 0 atom stereocenters. The van der Waals surface area contributed by atoms with Gasteiger partial charge in [0.1, 0.15) is 4.90 Å². The minimum Gasteiger partial charge on any atom is -0.356 e. The number of anilines is 1. The van der Waals surface area contributed by atoms with Crippen molar-refractivity contribution in [1.82, 2.24) is 5.16 Å². The van der Waals surface area contributed by atoms with E-state index in [1.165, 1.54) is 35.6 Å². The van der Waals surface area contributed by atoms with E-state index in [2.05, 4.69) is 9.88 Å². The molecule has 0 spiro atoms. The summed E-state index contributed by atoms with van der Waals surface area (Å²) in [6, 6.07) is 5.16. The number of nitrogens with one attached hydrogen (secondary N) is 1. The SMILES string of the molecule is Cc1noc(-c2c(C)sc(C)c2S(=O)(=O)Nc2ccc(S(N)(=O)=O)cc2)c1C. The molecule has 0 fully saturated rings. The quantitative estimate of drug-likeness (QED) is 0.625. The molecule has 2 heterocycles. The second-order valence-electron chi connectivity index (χ2n) is 6.32. The van der Waals surface area contributed by atoms with Gasteiger partial charge in [-0.05, 0) is 52.0 Å². The summed E-state index contributed by atoms with van der Waals surface area (Å²) >= 11 is 1.35. The van der Waals surface area contributed by atoms with Crippen LogP contribution < -0.4 is 9.86 Å². The van der Waals surface area contributed by atoms with Crippen molar-refractivity contribution >= 4 is 37.1 Å². The number of primary sulfonamides is 1. The van der Waals surface area contributed by atoms with Gasteiger partial charge in [-0.25, -0.2) is 22.0 Å². The number of nitrogens with two attached hydrogens (primary N) is 1. The fraction of sp³-hybridized carbons (Fsp3) is 0.235. The summed E-state index contributed by atoms with van der Waals surface area (Å²) in [5, 5.41) is 9.00. The molecule has 0 saturated heterocycles. The molecule has 150 valence electrons. The molecule has 8 nitrogen and oxygen atoms in total. The van der Waals surface area contributed by atoms with Crippen LogP contribution in [0.1, 0.15) is 21.0 Å². The predicted molar refractivity (Wildman–Crippen MR) is 107 cm³/mol. The topological polar surface area (TPSA) is 132 Å². The Balaban J connectivity index is 2.07. The molecule has 0 aliphatic heterocycles. The lowest BCUT2D eigenvalue weighted by Crippen LogP contribution is -2.15. The van der Waals surface area contributed by atoms with E-state index in [1.54, 1.807) is 13.8 Å². The van der Waals surface area contributed by atoms with Crippen LogP contribution in [0.2, 0.25) is 0 Å². The highest BCUT2D eigenvalue weighted by molar-refractivity contribution is 7.93. The predicted octanol–water partition coefficient (Wildman–Crippen LogP) is 3.08. The summed E-state index contributed by atoms with van der Waals surface area (Å²) in [4.78, 5) is 1.41. The highest BCUT2D eigenvalue weighted by Crippen LogP contribution is 2.41. The molecule has 1 aromatic carbocycles. The molecule has 0 amide bonds. The zero-order valence-corrected chi connectivity index (χ0v) is 18.0. The molecule has 3 N–H and O–H groups in total. The number of aromatic nitrogens is 1. The minimum absolute atomic E-state index is 0.105. The fourth-order valence-electron chi connectivity index (χ4n) is 2.82. The second-order valence-corrected chi connectivity index (χ2v) is 10.9. The van der Waals surface area contributed by atoms with Crippen LogP contribution in [0.15, 0.2) is 38.6 Å². The first-order valence-electron chi connectivity index (χ1n) is 8.10. The Hall–Kier alpha value is -2.21. The highest BCUT2D eigenvalue weighted by atomic mass is 32.2. The third-order valence-corrected chi connectivity index (χ3v) is 7.92. The molecule has 0 aliphatic carbocycles. The van der Waals surface area contributed by atoms with E-state index in [1.807, 2.05) is 13.8 Å². The zero-order valence-electron chi connectivity index (χ0n) is 15.6. The lowest BCUT2D eigenvalue weighted by Gasteiger charge is -2.10. The summed E-state index contributed by atoms with van der Waals surface area (Å²) in [6.07, 6.45) is 0. The van der Waals surface area contributed by atoms with Gasteiger partial charge >= 0.3 is 0 Å². The molecular formula is C17H19N3O5S3. The number of benzene rings is 1. The van der Waals surface area contributed by atoms with Crippen molar-refractivity contribution in [3.8, 4) is 11.3 Å². The van der Waals surface area contributed by atoms with Crippen molar-refractivity contribution < 1.29 is 21.4 Å². The van der Waals surface area contributed by atoms with Gasteiger partial charge in [0.05, 0.1) is 16.2 Å². The Bertz CT molecular complexity index is 1250. The highest BCUT2D eigenvalue weighted by Gasteiger charge is 2.29. The first kappa shape index (κ1) is 20.5. The summed E-state index contributed by atoms with van der Waals surface area (Å²) in [5.74, 6) is 0.421. The van der Waals surface area contributed by atoms with E-state index in [-0.39, 0.29) is 15.5 Å². The van der Waals surface area contributed by atoms with Gasteiger partial charge in [-0.3, -0.25) is 4.72 Å². The van der Waals surface area contributed by atoms with Crippen molar-refractivity contribution in [2.24, 2.45) is 5.14 Å². The number of hydrogen-bond acceptors (Lipinski definition) is 7. The molecule has 0 radical (unpaired) electrons. The molecular weight excluding hydrogens is 422 g/mol. The van der Waals surface area contributed by atoms with E-state index in [9.17, 15) is 16.8 Å². The molecule has 3 aromatic rings.